The number of fused-ring (bicyclic) bond motifs is 3. The number of hydrogen-bond acceptors (Lipinski definition) is 9. The average Bonchev–Trinajstić information content (AvgIpc) is 2.69. The van der Waals surface area contributed by atoms with Gasteiger partial charge in [-0.1, -0.05) is 13.8 Å². The number of phenols is 1. The van der Waals surface area contributed by atoms with Gasteiger partial charge in [-0.15, -0.1) is 0 Å². The van der Waals surface area contributed by atoms with E-state index in [1.807, 2.05) is 0 Å². The normalized spacial score (nSPS) is 32.4. The van der Waals surface area contributed by atoms with Crippen LogP contribution < -0.4 is 5.73 Å². The number of likely N-dealkylation sites (N-methyl/N-ethyl adjacent to an activating group) is 1. The molecule has 10 heteroatoms. The number of primary amides is 1. The monoisotopic (exact) mass is 484 g/mol. The van der Waals surface area contributed by atoms with E-state index in [2.05, 4.69) is 0 Å². The maximum Gasteiger partial charge on any atom is 0.255 e. The van der Waals surface area contributed by atoms with E-state index in [-0.39, 0.29) is 41.1 Å². The van der Waals surface area contributed by atoms with E-state index in [9.17, 15) is 39.6 Å². The molecule has 0 radical (unpaired) electrons. The van der Waals surface area contributed by atoms with Crippen molar-refractivity contribution in [3.05, 3.63) is 45.7 Å². The van der Waals surface area contributed by atoms with Crippen molar-refractivity contribution in [2.75, 3.05) is 14.1 Å². The Balaban J connectivity index is 2.11. The molecule has 0 spiro atoms. The predicted molar refractivity (Wildman–Crippen MR) is 123 cm³/mol. The highest BCUT2D eigenvalue weighted by molar-refractivity contribution is 6.25. The number of benzene rings is 1. The second-order valence-corrected chi connectivity index (χ2v) is 10.5. The second kappa shape index (κ2) is 7.25. The van der Waals surface area contributed by atoms with Crippen LogP contribution in [0.2, 0.25) is 0 Å². The lowest BCUT2D eigenvalue weighted by atomic mass is 9.46. The van der Waals surface area contributed by atoms with Crippen LogP contribution in [0.3, 0.4) is 0 Å². The fourth-order valence-electron chi connectivity index (χ4n) is 6.65. The number of nitrogens with zero attached hydrogens (tertiary/aromatic N) is 1. The molecule has 10 nitrogen and oxygen atoms in total. The van der Waals surface area contributed by atoms with E-state index >= 15 is 0 Å². The maximum absolute atomic E-state index is 14.0. The third kappa shape index (κ3) is 2.83. The molecule has 35 heavy (non-hydrogen) atoms. The van der Waals surface area contributed by atoms with Crippen LogP contribution in [0.5, 0.6) is 5.75 Å². The smallest absolute Gasteiger partial charge is 0.255 e. The molecule has 1 aromatic rings. The number of rotatable bonds is 3. The summed E-state index contributed by atoms with van der Waals surface area (Å²) >= 11 is 0. The predicted octanol–water partition coefficient (Wildman–Crippen LogP) is 0.947. The van der Waals surface area contributed by atoms with Crippen molar-refractivity contribution in [3.63, 3.8) is 0 Å². The highest BCUT2D eigenvalue weighted by Gasteiger charge is 2.72. The number of aliphatic hydroxyl groups excluding tert-OH is 2. The molecule has 0 aliphatic heterocycles. The van der Waals surface area contributed by atoms with E-state index in [1.54, 1.807) is 6.92 Å². The van der Waals surface area contributed by atoms with E-state index in [4.69, 9.17) is 5.73 Å². The summed E-state index contributed by atoms with van der Waals surface area (Å²) < 4.78 is 0. The standard InChI is InChI=1S/C25H28N2O8/c1-10(28)11-6-7-13(29)14-12(11)8-23(2)9-24(3)19(27(4)5)18(31)15(22(26)34)20(32)25(24,35)21(33)16(23)17(14)30/h6-7,19,29-30,32,35H,8-9H2,1-5H3,(H2,26,34)/t19-,23+,24+,25-/m1/s1. The van der Waals surface area contributed by atoms with Crippen LogP contribution in [0.15, 0.2) is 29.0 Å². The number of carbonyl (C=O) groups is 4. The molecule has 0 saturated heterocycles. The van der Waals surface area contributed by atoms with Crippen LogP contribution in [0.1, 0.15) is 48.7 Å². The molecule has 1 fully saturated rings. The van der Waals surface area contributed by atoms with Gasteiger partial charge in [-0.25, -0.2) is 0 Å². The fraction of sp³-hybridized carbons (Fsp3) is 0.440. The molecule has 186 valence electrons. The van der Waals surface area contributed by atoms with Gasteiger partial charge in [0.05, 0.1) is 11.6 Å². The van der Waals surface area contributed by atoms with Crippen LogP contribution >= 0.6 is 0 Å². The lowest BCUT2D eigenvalue weighted by molar-refractivity contribution is -0.175. The maximum atomic E-state index is 14.0. The van der Waals surface area contributed by atoms with Crippen molar-refractivity contribution in [2.45, 2.75) is 45.3 Å². The Morgan fingerprint density at radius 2 is 1.71 bits per heavy atom. The van der Waals surface area contributed by atoms with Crippen LogP contribution in [-0.2, 0) is 20.8 Å². The highest BCUT2D eigenvalue weighted by atomic mass is 16.3. The number of ketones is 3. The van der Waals surface area contributed by atoms with Crippen LogP contribution in [-0.4, -0.2) is 74.3 Å². The zero-order valence-electron chi connectivity index (χ0n) is 20.1. The summed E-state index contributed by atoms with van der Waals surface area (Å²) in [4.78, 5) is 53.2. The Kier molecular flexibility index (Phi) is 5.10. The van der Waals surface area contributed by atoms with Gasteiger partial charge in [0, 0.05) is 22.0 Å². The molecule has 1 aromatic carbocycles. The Hall–Kier alpha value is -3.50. The summed E-state index contributed by atoms with van der Waals surface area (Å²) in [7, 11) is 3.07. The van der Waals surface area contributed by atoms with Crippen LogP contribution in [0.25, 0.3) is 5.76 Å². The molecule has 3 aliphatic carbocycles. The number of aromatic hydroxyl groups is 1. The first kappa shape index (κ1) is 24.6. The number of phenolic OH excluding ortho intramolecular Hbond substituents is 1. The summed E-state index contributed by atoms with van der Waals surface area (Å²) in [6.07, 6.45) is -0.0668. The Morgan fingerprint density at radius 1 is 1.11 bits per heavy atom. The van der Waals surface area contributed by atoms with E-state index in [1.165, 1.54) is 45.0 Å². The molecule has 3 aliphatic rings. The van der Waals surface area contributed by atoms with Crippen LogP contribution in [0, 0.1) is 10.8 Å². The van der Waals surface area contributed by atoms with Crippen molar-refractivity contribution >= 4 is 29.0 Å². The largest absolute Gasteiger partial charge is 0.508 e. The van der Waals surface area contributed by atoms with E-state index < -0.39 is 57.0 Å². The minimum absolute atomic E-state index is 0.0317. The first-order valence-electron chi connectivity index (χ1n) is 11.1. The van der Waals surface area contributed by atoms with Crippen LogP contribution in [0.4, 0.5) is 0 Å². The Labute approximate surface area is 201 Å². The number of hydrogen-bond donors (Lipinski definition) is 5. The van der Waals surface area contributed by atoms with Gasteiger partial charge in [0.2, 0.25) is 5.78 Å². The molecule has 6 N–H and O–H groups in total. The Morgan fingerprint density at radius 3 is 2.23 bits per heavy atom. The minimum Gasteiger partial charge on any atom is -0.508 e. The molecule has 0 heterocycles. The summed E-state index contributed by atoms with van der Waals surface area (Å²) in [6, 6.07) is 1.43. The van der Waals surface area contributed by atoms with Crippen molar-refractivity contribution < 1.29 is 39.6 Å². The third-order valence-electron chi connectivity index (χ3n) is 7.89. The quantitative estimate of drug-likeness (QED) is 0.308. The first-order chi connectivity index (χ1) is 16.0. The molecular weight excluding hydrogens is 456 g/mol. The molecule has 1 saturated carbocycles. The minimum atomic E-state index is -2.77. The van der Waals surface area contributed by atoms with E-state index in [0.717, 1.165) is 0 Å². The summed E-state index contributed by atoms with van der Waals surface area (Å²) in [5, 5.41) is 44.6. The summed E-state index contributed by atoms with van der Waals surface area (Å²) in [5.74, 6) is -5.72. The van der Waals surface area contributed by atoms with Gasteiger partial charge < -0.3 is 26.2 Å². The molecule has 1 amide bonds. The second-order valence-electron chi connectivity index (χ2n) is 10.5. The lowest BCUT2D eigenvalue weighted by Gasteiger charge is -2.59. The zero-order chi connectivity index (χ0) is 26.4. The first-order valence-corrected chi connectivity index (χ1v) is 11.1. The van der Waals surface area contributed by atoms with Crippen molar-refractivity contribution in [3.8, 4) is 5.75 Å². The summed E-state index contributed by atoms with van der Waals surface area (Å²) in [5.41, 5.74) is -0.949. The fourth-order valence-corrected chi connectivity index (χ4v) is 6.65. The SMILES string of the molecule is CC(=O)c1ccc(O)c2c1C[C@@]1(C)C[C@@]3(C)[C@H](N(C)C)C(=O)C(C(N)=O)=C(O)[C@@]3(O)C(=O)C1=C2O. The van der Waals surface area contributed by atoms with E-state index in [0.29, 0.717) is 5.56 Å². The average molecular weight is 485 g/mol. The molecule has 4 atom stereocenters. The van der Waals surface area contributed by atoms with Gasteiger partial charge in [-0.3, -0.25) is 24.1 Å². The van der Waals surface area contributed by atoms with Gasteiger partial charge in [0.1, 0.15) is 22.8 Å². The van der Waals surface area contributed by atoms with Gasteiger partial charge in [-0.2, -0.15) is 0 Å². The van der Waals surface area contributed by atoms with Crippen molar-refractivity contribution in [2.24, 2.45) is 16.6 Å². The number of aliphatic hydroxyl groups is 3. The zero-order valence-corrected chi connectivity index (χ0v) is 20.1. The van der Waals surface area contributed by atoms with Crippen molar-refractivity contribution in [1.82, 2.24) is 4.90 Å². The highest BCUT2D eigenvalue weighted by Crippen LogP contribution is 2.63. The molecule has 0 bridgehead atoms. The molecule has 0 aromatic heterocycles. The third-order valence-corrected chi connectivity index (χ3v) is 7.89. The molecule has 0 unspecified atom stereocenters. The number of Topliss-reactive ketones (excluding diaryl/α,β-unsaturated/α-hetero) is 3. The van der Waals surface area contributed by atoms with Gasteiger partial charge in [0.15, 0.2) is 17.2 Å². The molecule has 4 rings (SSSR count). The summed E-state index contributed by atoms with van der Waals surface area (Å²) in [6.45, 7) is 4.46. The topological polar surface area (TPSA) is 178 Å². The lowest BCUT2D eigenvalue weighted by Crippen LogP contribution is -2.72. The van der Waals surface area contributed by atoms with Gasteiger partial charge in [0.25, 0.3) is 5.91 Å². The molecular formula is C25H28N2O8. The van der Waals surface area contributed by atoms with Gasteiger partial charge in [-0.05, 0) is 51.6 Å². The number of carbonyl (C=O) groups excluding carboxylic acids is 4. The number of amides is 1. The number of nitrogens with two attached hydrogens (primary N) is 1. The Bertz CT molecular complexity index is 1310. The van der Waals surface area contributed by atoms with Gasteiger partial charge >= 0.3 is 0 Å². The van der Waals surface area contributed by atoms with Crippen molar-refractivity contribution in [1.29, 1.82) is 0 Å².